The van der Waals surface area contributed by atoms with Crippen molar-refractivity contribution in [3.63, 3.8) is 0 Å². The molecular weight excluding hydrogens is 478 g/mol. The fourth-order valence-electron chi connectivity index (χ4n) is 4.35. The topological polar surface area (TPSA) is 99.0 Å². The number of nitrogens with zero attached hydrogens (tertiary/aromatic N) is 4. The third-order valence-corrected chi connectivity index (χ3v) is 7.09. The number of rotatable bonds is 6. The number of halogens is 4. The molecule has 0 bridgehead atoms. The Morgan fingerprint density at radius 3 is 2.44 bits per heavy atom. The molecule has 34 heavy (non-hydrogen) atoms. The molecule has 13 heteroatoms. The van der Waals surface area contributed by atoms with Gasteiger partial charge in [0.1, 0.15) is 35.6 Å². The zero-order valence-electron chi connectivity index (χ0n) is 18.1. The zero-order valence-corrected chi connectivity index (χ0v) is 18.9. The van der Waals surface area contributed by atoms with E-state index >= 15 is 0 Å². The van der Waals surface area contributed by atoms with E-state index in [1.807, 2.05) is 4.72 Å². The molecule has 0 radical (unpaired) electrons. The van der Waals surface area contributed by atoms with E-state index in [2.05, 4.69) is 15.1 Å². The molecular formula is C21H21F4N5O3S. The summed E-state index contributed by atoms with van der Waals surface area (Å²) >= 11 is 0. The molecule has 0 unspecified atom stereocenters. The summed E-state index contributed by atoms with van der Waals surface area (Å²) < 4.78 is 92.5. The summed E-state index contributed by atoms with van der Waals surface area (Å²) in [4.78, 5) is 6.03. The minimum absolute atomic E-state index is 0.188. The van der Waals surface area contributed by atoms with Crippen molar-refractivity contribution >= 4 is 15.8 Å². The van der Waals surface area contributed by atoms with Crippen LogP contribution in [0.1, 0.15) is 31.4 Å². The second-order valence-corrected chi connectivity index (χ2v) is 9.84. The van der Waals surface area contributed by atoms with Crippen molar-refractivity contribution in [2.24, 2.45) is 13.0 Å². The Morgan fingerprint density at radius 2 is 1.85 bits per heavy atom. The van der Waals surface area contributed by atoms with Gasteiger partial charge in [0, 0.05) is 56.0 Å². The van der Waals surface area contributed by atoms with Crippen LogP contribution >= 0.6 is 0 Å². The predicted molar refractivity (Wildman–Crippen MR) is 113 cm³/mol. The molecule has 4 rings (SSSR count). The van der Waals surface area contributed by atoms with Gasteiger partial charge in [-0.3, -0.25) is 9.40 Å². The van der Waals surface area contributed by atoms with Gasteiger partial charge < -0.3 is 4.74 Å². The predicted octanol–water partition coefficient (Wildman–Crippen LogP) is 3.89. The molecule has 3 aromatic rings. The fourth-order valence-corrected chi connectivity index (χ4v) is 5.48. The van der Waals surface area contributed by atoms with Crippen LogP contribution in [0.2, 0.25) is 0 Å². The van der Waals surface area contributed by atoms with Gasteiger partial charge in [0.25, 0.3) is 15.9 Å². The minimum atomic E-state index is -4.68. The van der Waals surface area contributed by atoms with E-state index in [0.29, 0.717) is 17.8 Å². The molecule has 0 aliphatic heterocycles. The number of aromatic nitrogens is 4. The smallest absolute Gasteiger partial charge is 0.268 e. The van der Waals surface area contributed by atoms with Crippen molar-refractivity contribution in [3.05, 3.63) is 60.3 Å². The van der Waals surface area contributed by atoms with Crippen LogP contribution in [0.4, 0.5) is 23.4 Å². The van der Waals surface area contributed by atoms with Crippen molar-refractivity contribution in [2.75, 3.05) is 4.72 Å². The summed E-state index contributed by atoms with van der Waals surface area (Å²) in [6, 6.07) is 4.20. The summed E-state index contributed by atoms with van der Waals surface area (Å²) in [5.74, 6) is -7.56. The van der Waals surface area contributed by atoms with Gasteiger partial charge in [-0.1, -0.05) is 6.92 Å². The maximum atomic E-state index is 14.8. The molecule has 1 aromatic carbocycles. The molecule has 3 atom stereocenters. The van der Waals surface area contributed by atoms with Crippen molar-refractivity contribution in [1.82, 2.24) is 19.7 Å². The summed E-state index contributed by atoms with van der Waals surface area (Å²) in [5.41, 5.74) is 0.641. The standard InChI is InChI=1S/C21H21F4N5O3S/c1-12-9-21(24,25)10-17(19(12)16-3-6-28-30(16)2)33-13-7-14(22)20(15(23)8-13)34(31,32)29-18-4-5-26-11-27-18/h3-8,11-12,17,19H,9-10H2,1-2H3,(H,26,27,29)/t12-,17+,19-/m1/s1. The average molecular weight is 499 g/mol. The molecule has 1 fully saturated rings. The number of aryl methyl sites for hydroxylation is 1. The quantitative estimate of drug-likeness (QED) is 0.517. The number of ether oxygens (including phenoxy) is 1. The van der Waals surface area contributed by atoms with Crippen molar-refractivity contribution in [1.29, 1.82) is 0 Å². The average Bonchev–Trinajstić information content (AvgIpc) is 3.12. The molecule has 0 amide bonds. The van der Waals surface area contributed by atoms with E-state index in [1.54, 1.807) is 20.0 Å². The number of alkyl halides is 2. The molecule has 1 saturated carbocycles. The third-order valence-electron chi connectivity index (χ3n) is 5.68. The van der Waals surface area contributed by atoms with Crippen LogP contribution in [-0.2, 0) is 17.1 Å². The van der Waals surface area contributed by atoms with Gasteiger partial charge in [-0.25, -0.2) is 35.9 Å². The van der Waals surface area contributed by atoms with Crippen LogP contribution in [0.25, 0.3) is 0 Å². The molecule has 2 aromatic heterocycles. The molecule has 0 saturated heterocycles. The number of benzene rings is 1. The number of hydrogen-bond donors (Lipinski definition) is 1. The summed E-state index contributed by atoms with van der Waals surface area (Å²) in [6.45, 7) is 1.65. The first-order valence-electron chi connectivity index (χ1n) is 10.3. The maximum absolute atomic E-state index is 14.8. The van der Waals surface area contributed by atoms with Crippen LogP contribution in [0.3, 0.4) is 0 Å². The second kappa shape index (κ2) is 8.85. The second-order valence-electron chi connectivity index (χ2n) is 8.22. The summed E-state index contributed by atoms with van der Waals surface area (Å²) in [6.07, 6.45) is 1.64. The van der Waals surface area contributed by atoms with Crippen LogP contribution in [0.5, 0.6) is 5.75 Å². The van der Waals surface area contributed by atoms with Crippen molar-refractivity contribution < 1.29 is 30.7 Å². The van der Waals surface area contributed by atoms with Gasteiger partial charge in [0.2, 0.25) is 0 Å². The highest BCUT2D eigenvalue weighted by atomic mass is 32.2. The lowest BCUT2D eigenvalue weighted by atomic mass is 9.74. The summed E-state index contributed by atoms with van der Waals surface area (Å²) in [5, 5.41) is 4.08. The van der Waals surface area contributed by atoms with E-state index in [9.17, 15) is 26.0 Å². The lowest BCUT2D eigenvalue weighted by molar-refractivity contribution is -0.0965. The monoisotopic (exact) mass is 499 g/mol. The van der Waals surface area contributed by atoms with Crippen LogP contribution in [0.15, 0.2) is 47.9 Å². The van der Waals surface area contributed by atoms with Gasteiger partial charge >= 0.3 is 0 Å². The lowest BCUT2D eigenvalue weighted by Gasteiger charge is -2.40. The highest BCUT2D eigenvalue weighted by Gasteiger charge is 2.48. The fraction of sp³-hybridized carbons (Fsp3) is 0.381. The lowest BCUT2D eigenvalue weighted by Crippen LogP contribution is -2.43. The Hall–Kier alpha value is -3.22. The molecule has 182 valence electrons. The van der Waals surface area contributed by atoms with E-state index in [0.717, 1.165) is 6.33 Å². The van der Waals surface area contributed by atoms with Crippen LogP contribution in [0, 0.1) is 17.6 Å². The number of anilines is 1. The largest absolute Gasteiger partial charge is 0.489 e. The Labute approximate surface area is 193 Å². The minimum Gasteiger partial charge on any atom is -0.489 e. The Kier molecular flexibility index (Phi) is 6.23. The van der Waals surface area contributed by atoms with Gasteiger partial charge in [-0.2, -0.15) is 5.10 Å². The van der Waals surface area contributed by atoms with E-state index in [1.165, 1.54) is 23.1 Å². The first-order valence-corrected chi connectivity index (χ1v) is 11.8. The van der Waals surface area contributed by atoms with Crippen molar-refractivity contribution in [2.45, 2.75) is 42.6 Å². The molecule has 1 aliphatic rings. The van der Waals surface area contributed by atoms with Gasteiger partial charge in [-0.15, -0.1) is 0 Å². The molecule has 0 spiro atoms. The molecule has 1 aliphatic carbocycles. The zero-order chi connectivity index (χ0) is 24.7. The Bertz CT molecular complexity index is 1260. The molecule has 2 heterocycles. The highest BCUT2D eigenvalue weighted by molar-refractivity contribution is 7.92. The van der Waals surface area contributed by atoms with Crippen LogP contribution < -0.4 is 9.46 Å². The first kappa shape index (κ1) is 23.9. The SMILES string of the molecule is C[C@@H]1CC(F)(F)C[C@H](Oc2cc(F)c(S(=O)(=O)Nc3ccncn3)c(F)c2)[C@H]1c1ccnn1C. The highest BCUT2D eigenvalue weighted by Crippen LogP contribution is 2.46. The maximum Gasteiger partial charge on any atom is 0.268 e. The number of sulfonamides is 1. The molecule has 1 N–H and O–H groups in total. The molecule has 8 nitrogen and oxygen atoms in total. The number of hydrogen-bond acceptors (Lipinski definition) is 6. The van der Waals surface area contributed by atoms with E-state index in [-0.39, 0.29) is 12.2 Å². The van der Waals surface area contributed by atoms with Crippen LogP contribution in [-0.4, -0.2) is 40.2 Å². The Morgan fingerprint density at radius 1 is 1.15 bits per heavy atom. The van der Waals surface area contributed by atoms with Crippen molar-refractivity contribution in [3.8, 4) is 5.75 Å². The summed E-state index contributed by atoms with van der Waals surface area (Å²) in [7, 11) is -3.02. The Balaban J connectivity index is 1.65. The van der Waals surface area contributed by atoms with Gasteiger partial charge in [0.05, 0.1) is 0 Å². The first-order chi connectivity index (χ1) is 16.0. The number of nitrogens with one attached hydrogen (secondary N) is 1. The van der Waals surface area contributed by atoms with E-state index in [4.69, 9.17) is 4.74 Å². The normalized spacial score (nSPS) is 22.4. The van der Waals surface area contributed by atoms with E-state index < -0.39 is 62.6 Å². The third kappa shape index (κ3) is 4.83. The van der Waals surface area contributed by atoms with Gasteiger partial charge in [0.15, 0.2) is 4.90 Å². The van der Waals surface area contributed by atoms with Gasteiger partial charge in [-0.05, 0) is 18.1 Å².